The molecule has 0 spiro atoms. The first-order valence-electron chi connectivity index (χ1n) is 6.41. The van der Waals surface area contributed by atoms with Crippen molar-refractivity contribution in [2.75, 3.05) is 0 Å². The molecule has 1 aromatic carbocycles. The second-order valence-corrected chi connectivity index (χ2v) is 6.61. The summed E-state index contributed by atoms with van der Waals surface area (Å²) in [5.41, 5.74) is 1.27. The summed E-state index contributed by atoms with van der Waals surface area (Å²) in [6, 6.07) is 6.76. The van der Waals surface area contributed by atoms with Gasteiger partial charge in [0.1, 0.15) is 0 Å². The fourth-order valence-electron chi connectivity index (χ4n) is 2.54. The zero-order valence-electron chi connectivity index (χ0n) is 9.76. The first kappa shape index (κ1) is 12.0. The molecule has 0 amide bonds. The van der Waals surface area contributed by atoms with Gasteiger partial charge in [-0.15, -0.1) is 0 Å². The number of halogens is 2. The number of rotatable bonds is 5. The molecule has 1 aromatic rings. The predicted molar refractivity (Wildman–Crippen MR) is 75.2 cm³/mol. The van der Waals surface area contributed by atoms with Crippen LogP contribution in [0, 0.1) is 11.8 Å². The molecule has 2 aliphatic carbocycles. The summed E-state index contributed by atoms with van der Waals surface area (Å²) >= 11 is 9.62. The Morgan fingerprint density at radius 1 is 1.24 bits per heavy atom. The van der Waals surface area contributed by atoms with E-state index in [-0.39, 0.29) is 0 Å². The standard InChI is InChI=1S/C14H17BrClN/c15-13-6-5-12(16)7-11(13)8-17-14(9-1-2-9)10-3-4-10/h5-7,9-10,14,17H,1-4,8H2. The Kier molecular flexibility index (Phi) is 3.47. The molecular weight excluding hydrogens is 298 g/mol. The highest BCUT2D eigenvalue weighted by Crippen LogP contribution is 2.44. The van der Waals surface area contributed by atoms with Crippen molar-refractivity contribution >= 4 is 27.5 Å². The lowest BCUT2D eigenvalue weighted by Gasteiger charge is -2.18. The average Bonchev–Trinajstić information content (AvgIpc) is 3.14. The van der Waals surface area contributed by atoms with E-state index in [0.717, 1.165) is 33.9 Å². The van der Waals surface area contributed by atoms with Crippen molar-refractivity contribution in [3.8, 4) is 0 Å². The second kappa shape index (κ2) is 4.91. The molecule has 2 aliphatic rings. The molecule has 0 saturated heterocycles. The van der Waals surface area contributed by atoms with Gasteiger partial charge in [-0.3, -0.25) is 0 Å². The van der Waals surface area contributed by atoms with Gasteiger partial charge in [0.05, 0.1) is 0 Å². The van der Waals surface area contributed by atoms with Gasteiger partial charge in [0.15, 0.2) is 0 Å². The monoisotopic (exact) mass is 313 g/mol. The molecular formula is C14H17BrClN. The Hall–Kier alpha value is -0.0500. The van der Waals surface area contributed by atoms with Gasteiger partial charge in [-0.2, -0.15) is 0 Å². The Labute approximate surface area is 116 Å². The first-order valence-corrected chi connectivity index (χ1v) is 7.58. The second-order valence-electron chi connectivity index (χ2n) is 5.32. The van der Waals surface area contributed by atoms with Gasteiger partial charge in [-0.1, -0.05) is 27.5 Å². The SMILES string of the molecule is Clc1ccc(Br)c(CNC(C2CC2)C2CC2)c1. The fraction of sp³-hybridized carbons (Fsp3) is 0.571. The zero-order chi connectivity index (χ0) is 11.8. The lowest BCUT2D eigenvalue weighted by molar-refractivity contribution is 0.415. The van der Waals surface area contributed by atoms with Crippen LogP contribution >= 0.6 is 27.5 Å². The maximum atomic E-state index is 6.03. The van der Waals surface area contributed by atoms with E-state index >= 15 is 0 Å². The van der Waals surface area contributed by atoms with E-state index in [1.54, 1.807) is 0 Å². The van der Waals surface area contributed by atoms with Gasteiger partial charge in [0.2, 0.25) is 0 Å². The van der Waals surface area contributed by atoms with Crippen molar-refractivity contribution in [2.45, 2.75) is 38.3 Å². The molecule has 1 nitrogen and oxygen atoms in total. The maximum Gasteiger partial charge on any atom is 0.0410 e. The van der Waals surface area contributed by atoms with Crippen LogP contribution in [0.15, 0.2) is 22.7 Å². The van der Waals surface area contributed by atoms with Crippen LogP contribution in [0.4, 0.5) is 0 Å². The van der Waals surface area contributed by atoms with Crippen LogP contribution in [-0.4, -0.2) is 6.04 Å². The predicted octanol–water partition coefficient (Wildman–Crippen LogP) is 4.38. The molecule has 0 aromatic heterocycles. The molecule has 2 saturated carbocycles. The molecule has 2 fully saturated rings. The molecule has 3 heteroatoms. The van der Waals surface area contributed by atoms with Crippen LogP contribution in [0.2, 0.25) is 5.02 Å². The highest BCUT2D eigenvalue weighted by molar-refractivity contribution is 9.10. The van der Waals surface area contributed by atoms with Crippen LogP contribution in [0.1, 0.15) is 31.2 Å². The fourth-order valence-corrected chi connectivity index (χ4v) is 3.12. The number of benzene rings is 1. The van der Waals surface area contributed by atoms with Crippen LogP contribution in [0.5, 0.6) is 0 Å². The maximum absolute atomic E-state index is 6.03. The van der Waals surface area contributed by atoms with Crippen LogP contribution < -0.4 is 5.32 Å². The highest BCUT2D eigenvalue weighted by Gasteiger charge is 2.40. The lowest BCUT2D eigenvalue weighted by atomic mass is 10.1. The number of hydrogen-bond acceptors (Lipinski definition) is 1. The number of hydrogen-bond donors (Lipinski definition) is 1. The van der Waals surface area contributed by atoms with Crippen LogP contribution in [0.25, 0.3) is 0 Å². The van der Waals surface area contributed by atoms with Gasteiger partial charge in [-0.05, 0) is 61.3 Å². The van der Waals surface area contributed by atoms with Gasteiger partial charge in [0.25, 0.3) is 0 Å². The van der Waals surface area contributed by atoms with Gasteiger partial charge >= 0.3 is 0 Å². The Morgan fingerprint density at radius 3 is 2.47 bits per heavy atom. The summed E-state index contributed by atoms with van der Waals surface area (Å²) < 4.78 is 1.15. The van der Waals surface area contributed by atoms with Crippen molar-refractivity contribution in [2.24, 2.45) is 11.8 Å². The zero-order valence-corrected chi connectivity index (χ0v) is 12.1. The quantitative estimate of drug-likeness (QED) is 0.850. The molecule has 0 bridgehead atoms. The molecule has 0 radical (unpaired) electrons. The molecule has 0 heterocycles. The van der Waals surface area contributed by atoms with E-state index < -0.39 is 0 Å². The summed E-state index contributed by atoms with van der Waals surface area (Å²) in [4.78, 5) is 0. The van der Waals surface area contributed by atoms with Gasteiger partial charge in [-0.25, -0.2) is 0 Å². The Bertz CT molecular complexity index is 401. The van der Waals surface area contributed by atoms with Gasteiger partial charge in [0, 0.05) is 22.1 Å². The summed E-state index contributed by atoms with van der Waals surface area (Å²) in [5.74, 6) is 1.89. The average molecular weight is 315 g/mol. The molecule has 17 heavy (non-hydrogen) atoms. The minimum atomic E-state index is 0.751. The third-order valence-corrected chi connectivity index (χ3v) is 4.80. The van der Waals surface area contributed by atoms with Crippen LogP contribution in [0.3, 0.4) is 0 Å². The third-order valence-electron chi connectivity index (χ3n) is 3.80. The van der Waals surface area contributed by atoms with Crippen molar-refractivity contribution in [1.29, 1.82) is 0 Å². The van der Waals surface area contributed by atoms with Crippen LogP contribution in [-0.2, 0) is 6.54 Å². The smallest absolute Gasteiger partial charge is 0.0410 e. The summed E-state index contributed by atoms with van der Waals surface area (Å²) in [5, 5.41) is 4.56. The normalized spacial score (nSPS) is 19.9. The third kappa shape index (κ3) is 3.04. The molecule has 1 N–H and O–H groups in total. The van der Waals surface area contributed by atoms with E-state index in [2.05, 4.69) is 27.3 Å². The lowest BCUT2D eigenvalue weighted by Crippen LogP contribution is -2.32. The topological polar surface area (TPSA) is 12.0 Å². The van der Waals surface area contributed by atoms with E-state index in [1.165, 1.54) is 31.2 Å². The number of nitrogens with one attached hydrogen (secondary N) is 1. The molecule has 3 rings (SSSR count). The Morgan fingerprint density at radius 2 is 1.88 bits per heavy atom. The van der Waals surface area contributed by atoms with Crippen molar-refractivity contribution in [3.05, 3.63) is 33.3 Å². The minimum absolute atomic E-state index is 0.751. The van der Waals surface area contributed by atoms with Crippen molar-refractivity contribution < 1.29 is 0 Å². The summed E-state index contributed by atoms with van der Waals surface area (Å²) in [6.45, 7) is 0.929. The molecule has 0 atom stereocenters. The van der Waals surface area contributed by atoms with E-state index in [9.17, 15) is 0 Å². The van der Waals surface area contributed by atoms with E-state index in [4.69, 9.17) is 11.6 Å². The van der Waals surface area contributed by atoms with Crippen molar-refractivity contribution in [3.63, 3.8) is 0 Å². The van der Waals surface area contributed by atoms with E-state index in [0.29, 0.717) is 0 Å². The largest absolute Gasteiger partial charge is 0.309 e. The summed E-state index contributed by atoms with van der Waals surface area (Å²) in [7, 11) is 0. The first-order chi connectivity index (χ1) is 8.24. The molecule has 92 valence electrons. The van der Waals surface area contributed by atoms with Gasteiger partial charge < -0.3 is 5.32 Å². The molecule has 0 unspecified atom stereocenters. The summed E-state index contributed by atoms with van der Waals surface area (Å²) in [6.07, 6.45) is 5.69. The molecule has 0 aliphatic heterocycles. The highest BCUT2D eigenvalue weighted by atomic mass is 79.9. The van der Waals surface area contributed by atoms with Crippen molar-refractivity contribution in [1.82, 2.24) is 5.32 Å². The van der Waals surface area contributed by atoms with E-state index in [1.807, 2.05) is 12.1 Å². The Balaban J connectivity index is 1.63. The minimum Gasteiger partial charge on any atom is -0.309 e.